The van der Waals surface area contributed by atoms with Crippen LogP contribution in [0.1, 0.15) is 25.7 Å². The van der Waals surface area contributed by atoms with Crippen LogP contribution in [-0.2, 0) is 9.53 Å². The number of piperidine rings is 1. The molecule has 1 unspecified atom stereocenters. The van der Waals surface area contributed by atoms with E-state index >= 15 is 0 Å². The lowest BCUT2D eigenvalue weighted by molar-refractivity contribution is -0.123. The quantitative estimate of drug-likeness (QED) is 0.527. The van der Waals surface area contributed by atoms with Crippen LogP contribution in [0.25, 0.3) is 0 Å². The van der Waals surface area contributed by atoms with Crippen molar-refractivity contribution >= 4 is 5.91 Å². The summed E-state index contributed by atoms with van der Waals surface area (Å²) in [6, 6.07) is 0. The average molecular weight is 252 g/mol. The lowest BCUT2D eigenvalue weighted by Gasteiger charge is -2.23. The van der Waals surface area contributed by atoms with Crippen molar-refractivity contribution in [3.05, 3.63) is 12.7 Å². The maximum absolute atomic E-state index is 12.0. The Morgan fingerprint density at radius 2 is 2.22 bits per heavy atom. The first-order chi connectivity index (χ1) is 8.78. The second kappa shape index (κ2) is 6.34. The normalized spacial score (nSPS) is 24.8. The third-order valence-electron chi connectivity index (χ3n) is 4.12. The zero-order valence-corrected chi connectivity index (χ0v) is 11.0. The van der Waals surface area contributed by atoms with Gasteiger partial charge in [-0.1, -0.05) is 6.08 Å². The highest BCUT2D eigenvalue weighted by Gasteiger charge is 2.57. The monoisotopic (exact) mass is 252 g/mol. The lowest BCUT2D eigenvalue weighted by atomic mass is 9.92. The number of carbonyl (C=O) groups is 1. The highest BCUT2D eigenvalue weighted by molar-refractivity contribution is 5.82. The average Bonchev–Trinajstić information content (AvgIpc) is 3.08. The first-order valence-corrected chi connectivity index (χ1v) is 6.95. The van der Waals surface area contributed by atoms with Crippen molar-refractivity contribution in [2.75, 3.05) is 32.8 Å². The third kappa shape index (κ3) is 3.33. The highest BCUT2D eigenvalue weighted by Crippen LogP contribution is 2.58. The van der Waals surface area contributed by atoms with E-state index in [1.165, 1.54) is 0 Å². The molecular formula is C14H24N2O2. The smallest absolute Gasteiger partial charge is 0.223 e. The summed E-state index contributed by atoms with van der Waals surface area (Å²) in [5, 5.41) is 6.33. The lowest BCUT2D eigenvalue weighted by Crippen LogP contribution is -2.34. The second-order valence-corrected chi connectivity index (χ2v) is 5.35. The van der Waals surface area contributed by atoms with Crippen molar-refractivity contribution in [1.29, 1.82) is 0 Å². The summed E-state index contributed by atoms with van der Waals surface area (Å²) in [5.74, 6) is 0.483. The van der Waals surface area contributed by atoms with Crippen molar-refractivity contribution in [2.45, 2.75) is 25.7 Å². The van der Waals surface area contributed by atoms with Gasteiger partial charge in [-0.05, 0) is 44.2 Å². The Hall–Kier alpha value is -0.870. The standard InChI is InChI=1S/C14H24N2O2/c1-2-3-9-18-10-8-16-13(17)12-11-14(12)4-6-15-7-5-14/h2,12,15H,1,3-11H2,(H,16,17). The van der Waals surface area contributed by atoms with E-state index in [0.717, 1.165) is 38.8 Å². The van der Waals surface area contributed by atoms with E-state index in [1.54, 1.807) is 0 Å². The summed E-state index contributed by atoms with van der Waals surface area (Å²) < 4.78 is 5.37. The van der Waals surface area contributed by atoms with Crippen molar-refractivity contribution in [2.24, 2.45) is 11.3 Å². The number of ether oxygens (including phenoxy) is 1. The van der Waals surface area contributed by atoms with E-state index in [9.17, 15) is 4.79 Å². The summed E-state index contributed by atoms with van der Waals surface area (Å²) >= 11 is 0. The first kappa shape index (κ1) is 13.6. The third-order valence-corrected chi connectivity index (χ3v) is 4.12. The Kier molecular flexibility index (Phi) is 4.78. The number of nitrogens with one attached hydrogen (secondary N) is 2. The minimum atomic E-state index is 0.226. The highest BCUT2D eigenvalue weighted by atomic mass is 16.5. The van der Waals surface area contributed by atoms with Gasteiger partial charge in [0.25, 0.3) is 0 Å². The van der Waals surface area contributed by atoms with Crippen LogP contribution >= 0.6 is 0 Å². The number of hydrogen-bond acceptors (Lipinski definition) is 3. The van der Waals surface area contributed by atoms with Crippen molar-refractivity contribution in [1.82, 2.24) is 10.6 Å². The molecule has 1 aliphatic carbocycles. The molecule has 2 rings (SSSR count). The second-order valence-electron chi connectivity index (χ2n) is 5.35. The summed E-state index contributed by atoms with van der Waals surface area (Å²) in [4.78, 5) is 12.0. The summed E-state index contributed by atoms with van der Waals surface area (Å²) in [6.07, 6.45) is 6.09. The van der Waals surface area contributed by atoms with Crippen LogP contribution < -0.4 is 10.6 Å². The van der Waals surface area contributed by atoms with Crippen molar-refractivity contribution < 1.29 is 9.53 Å². The Morgan fingerprint density at radius 3 is 2.94 bits per heavy atom. The van der Waals surface area contributed by atoms with Gasteiger partial charge in [0.15, 0.2) is 0 Å². The van der Waals surface area contributed by atoms with E-state index < -0.39 is 0 Å². The molecule has 0 bridgehead atoms. The predicted octanol–water partition coefficient (Wildman–Crippen LogP) is 1.08. The molecule has 1 aliphatic heterocycles. The van der Waals surface area contributed by atoms with Crippen LogP contribution in [0.3, 0.4) is 0 Å². The van der Waals surface area contributed by atoms with Gasteiger partial charge in [-0.25, -0.2) is 0 Å². The van der Waals surface area contributed by atoms with E-state index in [0.29, 0.717) is 25.2 Å². The Balaban J connectivity index is 1.57. The summed E-state index contributed by atoms with van der Waals surface area (Å²) in [5.41, 5.74) is 0.332. The molecule has 18 heavy (non-hydrogen) atoms. The van der Waals surface area contributed by atoms with Crippen LogP contribution in [0.15, 0.2) is 12.7 Å². The van der Waals surface area contributed by atoms with Gasteiger partial charge in [-0.15, -0.1) is 6.58 Å². The van der Waals surface area contributed by atoms with Crippen molar-refractivity contribution in [3.8, 4) is 0 Å². The molecule has 1 spiro atoms. The topological polar surface area (TPSA) is 50.4 Å². The molecule has 1 atom stereocenters. The molecule has 1 saturated carbocycles. The van der Waals surface area contributed by atoms with Gasteiger partial charge in [0.05, 0.1) is 13.2 Å². The minimum Gasteiger partial charge on any atom is -0.379 e. The largest absolute Gasteiger partial charge is 0.379 e. The van der Waals surface area contributed by atoms with Crippen LogP contribution in [-0.4, -0.2) is 38.8 Å². The number of hydrogen-bond donors (Lipinski definition) is 2. The zero-order valence-electron chi connectivity index (χ0n) is 11.0. The van der Waals surface area contributed by atoms with Gasteiger partial charge >= 0.3 is 0 Å². The number of carbonyl (C=O) groups excluding carboxylic acids is 1. The number of amides is 1. The predicted molar refractivity (Wildman–Crippen MR) is 71.3 cm³/mol. The molecule has 1 heterocycles. The molecule has 2 fully saturated rings. The summed E-state index contributed by atoms with van der Waals surface area (Å²) in [7, 11) is 0. The molecule has 4 heteroatoms. The van der Waals surface area contributed by atoms with Crippen LogP contribution in [0.5, 0.6) is 0 Å². The number of rotatable bonds is 7. The van der Waals surface area contributed by atoms with Gasteiger partial charge in [-0.3, -0.25) is 4.79 Å². The van der Waals surface area contributed by atoms with Crippen molar-refractivity contribution in [3.63, 3.8) is 0 Å². The van der Waals surface area contributed by atoms with E-state index in [2.05, 4.69) is 17.2 Å². The van der Waals surface area contributed by atoms with Gasteiger partial charge in [-0.2, -0.15) is 0 Å². The van der Waals surface area contributed by atoms with Gasteiger partial charge in [0, 0.05) is 12.5 Å². The van der Waals surface area contributed by atoms with Crippen LogP contribution in [0.2, 0.25) is 0 Å². The van der Waals surface area contributed by atoms with Gasteiger partial charge in [0.1, 0.15) is 0 Å². The SMILES string of the molecule is C=CCCOCCNC(=O)C1CC12CCNCC2. The van der Waals surface area contributed by atoms with Gasteiger partial charge < -0.3 is 15.4 Å². The molecule has 0 aromatic heterocycles. The molecule has 1 saturated heterocycles. The molecule has 0 aromatic carbocycles. The summed E-state index contributed by atoms with van der Waals surface area (Å²) in [6.45, 7) is 7.68. The first-order valence-electron chi connectivity index (χ1n) is 6.95. The Labute approximate surface area is 109 Å². The fourth-order valence-electron chi connectivity index (χ4n) is 2.83. The van der Waals surface area contributed by atoms with Gasteiger partial charge in [0.2, 0.25) is 5.91 Å². The molecule has 1 amide bonds. The molecule has 102 valence electrons. The molecule has 0 aromatic rings. The maximum atomic E-state index is 12.0. The fourth-order valence-corrected chi connectivity index (χ4v) is 2.83. The molecular weight excluding hydrogens is 228 g/mol. The molecule has 0 radical (unpaired) electrons. The van der Waals surface area contributed by atoms with E-state index in [4.69, 9.17) is 4.74 Å². The molecule has 4 nitrogen and oxygen atoms in total. The Morgan fingerprint density at radius 1 is 1.44 bits per heavy atom. The fraction of sp³-hybridized carbons (Fsp3) is 0.786. The molecule has 2 aliphatic rings. The Bertz CT molecular complexity index is 298. The molecule has 2 N–H and O–H groups in total. The van der Waals surface area contributed by atoms with E-state index in [-0.39, 0.29) is 11.8 Å². The van der Waals surface area contributed by atoms with Crippen LogP contribution in [0, 0.1) is 11.3 Å². The zero-order chi connectivity index (χ0) is 12.8. The van der Waals surface area contributed by atoms with E-state index in [1.807, 2.05) is 6.08 Å². The van der Waals surface area contributed by atoms with Crippen LogP contribution in [0.4, 0.5) is 0 Å². The minimum absolute atomic E-state index is 0.226. The maximum Gasteiger partial charge on any atom is 0.223 e.